The number of carbonyl (C=O) groups is 4. The van der Waals surface area contributed by atoms with Crippen LogP contribution in [0.3, 0.4) is 0 Å². The molecular weight excluding hydrogens is 882 g/mol. The van der Waals surface area contributed by atoms with Crippen LogP contribution in [0.4, 0.5) is 26.4 Å². The number of fused-ring (bicyclic) bond motifs is 2. The highest BCUT2D eigenvalue weighted by molar-refractivity contribution is 7.90. The summed E-state index contributed by atoms with van der Waals surface area (Å²) in [5, 5.41) is 17.8. The Morgan fingerprint density at radius 1 is 1.06 bits per heavy atom. The highest BCUT2D eigenvalue weighted by Crippen LogP contribution is 2.48. The van der Waals surface area contributed by atoms with Gasteiger partial charge in [-0.25, -0.2) is 14.0 Å². The summed E-state index contributed by atoms with van der Waals surface area (Å²) in [6, 6.07) is 14.3. The molecule has 3 aromatic carbocycles. The van der Waals surface area contributed by atoms with Gasteiger partial charge in [-0.2, -0.15) is 27.7 Å². The number of hydrogen-bond acceptors (Lipinski definition) is 11. The minimum Gasteiger partial charge on any atom is -0.453 e. The van der Waals surface area contributed by atoms with Crippen LogP contribution in [0.25, 0.3) is 10.9 Å². The molecule has 350 valence electrons. The first-order chi connectivity index (χ1) is 32.1. The molecule has 4 aliphatic heterocycles. The summed E-state index contributed by atoms with van der Waals surface area (Å²) in [5.41, 5.74) is 2.34. The summed E-state index contributed by atoms with van der Waals surface area (Å²) in [5.74, 6) is -0.761. The first kappa shape index (κ1) is 45.6. The second-order valence-corrected chi connectivity index (χ2v) is 20.0. The Morgan fingerprint density at radius 2 is 1.84 bits per heavy atom. The van der Waals surface area contributed by atoms with Gasteiger partial charge >= 0.3 is 22.1 Å². The van der Waals surface area contributed by atoms with Crippen LogP contribution in [0, 0.1) is 28.5 Å². The van der Waals surface area contributed by atoms with E-state index in [1.165, 1.54) is 40.6 Å². The summed E-state index contributed by atoms with van der Waals surface area (Å²) in [4.78, 5) is 61.9. The molecule has 0 bridgehead atoms. The van der Waals surface area contributed by atoms with Gasteiger partial charge in [-0.1, -0.05) is 13.0 Å². The van der Waals surface area contributed by atoms with Crippen LogP contribution in [0.5, 0.6) is 11.5 Å². The van der Waals surface area contributed by atoms with E-state index in [1.54, 1.807) is 17.7 Å². The molecule has 1 spiro atoms. The molecule has 0 radical (unpaired) electrons. The van der Waals surface area contributed by atoms with Gasteiger partial charge in [0.2, 0.25) is 11.8 Å². The van der Waals surface area contributed by atoms with Crippen LogP contribution >= 0.6 is 0 Å². The summed E-state index contributed by atoms with van der Waals surface area (Å²) < 4.78 is 52.9. The first-order valence-corrected chi connectivity index (χ1v) is 24.2. The molecule has 18 nitrogen and oxygen atoms in total. The fourth-order valence-corrected chi connectivity index (χ4v) is 11.1. The van der Waals surface area contributed by atoms with Gasteiger partial charge in [-0.3, -0.25) is 34.1 Å². The molecule has 9 rings (SSSR count). The normalized spacial score (nSPS) is 20.7. The third-order valence-electron chi connectivity index (χ3n) is 14.2. The molecule has 1 aliphatic carbocycles. The second-order valence-electron chi connectivity index (χ2n) is 18.2. The van der Waals surface area contributed by atoms with E-state index in [4.69, 9.17) is 4.74 Å². The number of hydrogen-bond donors (Lipinski definition) is 2. The lowest BCUT2D eigenvalue weighted by atomic mass is 9.76. The molecule has 67 heavy (non-hydrogen) atoms. The Labute approximate surface area is 387 Å². The number of anilines is 2. The number of rotatable bonds is 11. The number of urea groups is 1. The molecular formula is C47H53FN11O7S+. The first-order valence-electron chi connectivity index (χ1n) is 22.7. The zero-order valence-corrected chi connectivity index (χ0v) is 38.5. The third kappa shape index (κ3) is 9.15. The van der Waals surface area contributed by atoms with Crippen LogP contribution in [-0.4, -0.2) is 126 Å². The highest BCUT2D eigenvalue weighted by atomic mass is 32.2. The monoisotopic (exact) mass is 934 g/mol. The van der Waals surface area contributed by atoms with Gasteiger partial charge in [-0.15, -0.1) is 0 Å². The maximum absolute atomic E-state index is 15.1. The summed E-state index contributed by atoms with van der Waals surface area (Å²) in [6.07, 6.45) is 10.1. The number of aryl methyl sites for hydroxylation is 1. The van der Waals surface area contributed by atoms with Gasteiger partial charge in [0.15, 0.2) is 23.1 Å². The van der Waals surface area contributed by atoms with Gasteiger partial charge in [0.05, 0.1) is 24.0 Å². The van der Waals surface area contributed by atoms with Gasteiger partial charge in [-0.05, 0) is 116 Å². The number of piperidine rings is 2. The van der Waals surface area contributed by atoms with Crippen molar-refractivity contribution in [3.05, 3.63) is 71.0 Å². The van der Waals surface area contributed by atoms with Gasteiger partial charge < -0.3 is 9.64 Å². The van der Waals surface area contributed by atoms with E-state index in [-0.39, 0.29) is 71.1 Å². The van der Waals surface area contributed by atoms with E-state index in [0.717, 1.165) is 85.4 Å². The molecule has 1 aromatic heterocycles. The largest absolute Gasteiger partial charge is 0.453 e. The van der Waals surface area contributed by atoms with Gasteiger partial charge in [0.25, 0.3) is 6.34 Å². The molecule has 1 atom stereocenters. The number of likely N-dealkylation sites (tertiary alicyclic amines) is 2. The zero-order valence-electron chi connectivity index (χ0n) is 37.7. The molecule has 5 heterocycles. The van der Waals surface area contributed by atoms with E-state index in [0.29, 0.717) is 37.1 Å². The van der Waals surface area contributed by atoms with Crippen molar-refractivity contribution in [1.29, 1.82) is 5.26 Å². The lowest BCUT2D eigenvalue weighted by Gasteiger charge is -2.40. The number of nitriles is 1. The summed E-state index contributed by atoms with van der Waals surface area (Å²) in [6.45, 7) is 5.53. The number of aromatic nitrogens is 2. The maximum atomic E-state index is 15.1. The lowest BCUT2D eigenvalue weighted by Crippen LogP contribution is -2.49. The Hall–Kier alpha value is -6.56. The maximum Gasteiger partial charge on any atom is 0.349 e. The van der Waals surface area contributed by atoms with Crippen molar-refractivity contribution in [3.63, 3.8) is 0 Å². The summed E-state index contributed by atoms with van der Waals surface area (Å²) >= 11 is 0. The predicted molar refractivity (Wildman–Crippen MR) is 248 cm³/mol. The van der Waals surface area contributed by atoms with E-state index < -0.39 is 27.8 Å². The van der Waals surface area contributed by atoms with E-state index in [2.05, 4.69) is 37.2 Å². The lowest BCUT2D eigenvalue weighted by molar-refractivity contribution is -0.290. The molecule has 2 N–H and O–H groups in total. The van der Waals surface area contributed by atoms with Crippen LogP contribution in [0.1, 0.15) is 85.7 Å². The molecule has 1 unspecified atom stereocenters. The van der Waals surface area contributed by atoms with Crippen molar-refractivity contribution in [2.24, 2.45) is 23.4 Å². The Morgan fingerprint density at radius 3 is 2.57 bits per heavy atom. The quantitative estimate of drug-likeness (QED) is 0.178. The number of amides is 5. The van der Waals surface area contributed by atoms with Crippen LogP contribution in [-0.2, 0) is 26.8 Å². The number of benzene rings is 3. The second kappa shape index (κ2) is 18.3. The van der Waals surface area contributed by atoms with Crippen molar-refractivity contribution in [2.75, 3.05) is 62.5 Å². The van der Waals surface area contributed by atoms with Crippen LogP contribution < -0.4 is 19.7 Å². The smallest absolute Gasteiger partial charge is 0.349 e. The zero-order chi connectivity index (χ0) is 47.2. The average molecular weight is 935 g/mol. The number of nitrogens with zero attached hydrogens (tertiary/aromatic N) is 9. The predicted octanol–water partition coefficient (Wildman–Crippen LogP) is 5.62. The SMILES string of the molecule is CCN(C)S(=O)(=O)Nc1ccc(F)c(Oc2ccc3c(c2)C(=O)[N+](=CC2CCC4(CCN(C(=O)CN5CCC(c6ccc7c(N8CCC(=O)NC8=O)nn(C)c7c6)CC5)CC4)C2)C=N3)c1C#N. The molecule has 5 amide bonds. The van der Waals surface area contributed by atoms with Crippen molar-refractivity contribution in [3.8, 4) is 17.6 Å². The topological polar surface area (TPSA) is 206 Å². The van der Waals surface area contributed by atoms with E-state index in [9.17, 15) is 32.9 Å². The molecule has 4 fully saturated rings. The average Bonchev–Trinajstić information content (AvgIpc) is 3.87. The number of aliphatic imine (C=N–C) groups is 1. The standard InChI is InChI=1S/C47H52FN11O7S/c1-4-54(2)67(64,65)53-39-10-8-37(48)43(36(39)26-49)66-33-6-9-38-35(24-33)45(62)58(29-50-38)27-30-11-15-47(25-30)16-21-57(22-17-47)42(61)28-56-18-12-31(13-19-56)32-5-7-34-40(23-32)55(3)52-44(34)59-20-14-41(60)51-46(59)63/h5-10,23-24,27,29-31,53H,4,11-22,25,28H2,1-3H3/p+1. The third-order valence-corrected chi connectivity index (χ3v) is 15.7. The van der Waals surface area contributed by atoms with Crippen molar-refractivity contribution in [1.82, 2.24) is 29.2 Å². The summed E-state index contributed by atoms with van der Waals surface area (Å²) in [7, 11) is -0.791. The molecule has 4 aromatic rings. The Balaban J connectivity index is 0.769. The fourth-order valence-electron chi connectivity index (χ4n) is 10.1. The Kier molecular flexibility index (Phi) is 12.4. The van der Waals surface area contributed by atoms with Gasteiger partial charge in [0.1, 0.15) is 22.9 Å². The molecule has 3 saturated heterocycles. The molecule has 1 saturated carbocycles. The van der Waals surface area contributed by atoms with E-state index >= 15 is 4.39 Å². The van der Waals surface area contributed by atoms with Crippen molar-refractivity contribution >= 4 is 74.6 Å². The van der Waals surface area contributed by atoms with Crippen molar-refractivity contribution < 1.29 is 41.3 Å². The van der Waals surface area contributed by atoms with E-state index in [1.807, 2.05) is 30.3 Å². The minimum atomic E-state index is -4.02. The number of halogens is 1. The Bertz CT molecular complexity index is 2890. The number of nitrogens with one attached hydrogen (secondary N) is 2. The molecule has 20 heteroatoms. The van der Waals surface area contributed by atoms with Crippen LogP contribution in [0.2, 0.25) is 0 Å². The van der Waals surface area contributed by atoms with Crippen molar-refractivity contribution in [2.45, 2.75) is 64.2 Å². The number of ether oxygens (including phenoxy) is 1. The highest BCUT2D eigenvalue weighted by Gasteiger charge is 2.43. The number of imide groups is 1. The van der Waals surface area contributed by atoms with Crippen LogP contribution in [0.15, 0.2) is 53.5 Å². The molecule has 5 aliphatic rings. The number of carbonyl (C=O) groups excluding carboxylic acids is 4. The fraction of sp³-hybridized carbons (Fsp3) is 0.447. The minimum absolute atomic E-state index is 0.0677. The van der Waals surface area contributed by atoms with Gasteiger partial charge in [0, 0.05) is 64.1 Å².